The van der Waals surface area contributed by atoms with Crippen LogP contribution < -0.4 is 11.1 Å². The number of carbonyl (C=O) groups excluding carboxylic acids is 1. The minimum atomic E-state index is -4.23. The minimum absolute atomic E-state index is 0.0798. The molecule has 3 aromatic rings. The number of hydrogen-bond donors (Lipinski definition) is 2. The molecule has 0 aliphatic carbocycles. The van der Waals surface area contributed by atoms with Gasteiger partial charge in [0.05, 0.1) is 11.6 Å². The Balaban J connectivity index is 1.57. The standard InChI is InChI=1S/C24H22F3N5O/c1-14-2-3-19(31-23(33)32-5-4-15(13-32)10-24(25,26)27)8-20(14)16-6-17(11-28)21-9-22(29)30-12-18(21)7-16/h2-3,6-9,12,15H,4-5,10,13H2,1H3,(H2,29,30)(H,31,33)/t15-/m0/s1. The third-order valence-corrected chi connectivity index (χ3v) is 5.87. The molecule has 33 heavy (non-hydrogen) atoms. The zero-order valence-corrected chi connectivity index (χ0v) is 17.9. The van der Waals surface area contributed by atoms with Gasteiger partial charge in [0.2, 0.25) is 0 Å². The van der Waals surface area contributed by atoms with E-state index >= 15 is 0 Å². The number of hydrogen-bond acceptors (Lipinski definition) is 4. The molecular weight excluding hydrogens is 431 g/mol. The van der Waals surface area contributed by atoms with Crippen LogP contribution in [-0.2, 0) is 0 Å². The van der Waals surface area contributed by atoms with Gasteiger partial charge in [0.25, 0.3) is 0 Å². The second kappa shape index (κ2) is 8.62. The molecule has 3 N–H and O–H groups in total. The van der Waals surface area contributed by atoms with E-state index in [0.29, 0.717) is 28.9 Å². The number of aromatic nitrogens is 1. The summed E-state index contributed by atoms with van der Waals surface area (Å²) in [5, 5.41) is 13.9. The molecule has 0 spiro atoms. The molecule has 2 aromatic carbocycles. The van der Waals surface area contributed by atoms with Crippen molar-refractivity contribution in [2.24, 2.45) is 5.92 Å². The Kier molecular flexibility index (Phi) is 5.85. The Hall–Kier alpha value is -3.80. The Bertz CT molecular complexity index is 1270. The molecule has 2 amide bonds. The summed E-state index contributed by atoms with van der Waals surface area (Å²) in [5.74, 6) is -0.249. The van der Waals surface area contributed by atoms with Crippen LogP contribution in [0.5, 0.6) is 0 Å². The lowest BCUT2D eigenvalue weighted by Crippen LogP contribution is -2.33. The first kappa shape index (κ1) is 22.4. The Labute approximate surface area is 188 Å². The van der Waals surface area contributed by atoms with Crippen molar-refractivity contribution in [2.45, 2.75) is 25.9 Å². The summed E-state index contributed by atoms with van der Waals surface area (Å²) in [4.78, 5) is 18.2. The molecule has 1 aliphatic rings. The van der Waals surface area contributed by atoms with Crippen molar-refractivity contribution in [3.05, 3.63) is 53.7 Å². The van der Waals surface area contributed by atoms with Gasteiger partial charge in [-0.15, -0.1) is 0 Å². The zero-order valence-electron chi connectivity index (χ0n) is 17.9. The number of rotatable bonds is 3. The van der Waals surface area contributed by atoms with Crippen LogP contribution in [0.3, 0.4) is 0 Å². The average molecular weight is 453 g/mol. The second-order valence-corrected chi connectivity index (χ2v) is 8.35. The molecule has 1 saturated heterocycles. The van der Waals surface area contributed by atoms with Gasteiger partial charge < -0.3 is 16.0 Å². The molecule has 6 nitrogen and oxygen atoms in total. The fourth-order valence-corrected chi connectivity index (χ4v) is 4.25. The zero-order chi connectivity index (χ0) is 23.8. The maximum Gasteiger partial charge on any atom is 0.389 e. The molecule has 2 heterocycles. The van der Waals surface area contributed by atoms with Crippen molar-refractivity contribution in [1.29, 1.82) is 5.26 Å². The molecule has 1 aromatic heterocycles. The van der Waals surface area contributed by atoms with Gasteiger partial charge in [-0.25, -0.2) is 9.78 Å². The number of halogens is 3. The molecule has 1 aliphatic heterocycles. The van der Waals surface area contributed by atoms with Gasteiger partial charge in [-0.05, 0) is 66.3 Å². The first-order valence-corrected chi connectivity index (χ1v) is 10.5. The highest BCUT2D eigenvalue weighted by Gasteiger charge is 2.36. The van der Waals surface area contributed by atoms with Crippen LogP contribution in [0.2, 0.25) is 0 Å². The van der Waals surface area contributed by atoms with E-state index in [1.165, 1.54) is 4.90 Å². The summed E-state index contributed by atoms with van der Waals surface area (Å²) in [5.41, 5.74) is 9.27. The molecular formula is C24H22F3N5O. The highest BCUT2D eigenvalue weighted by atomic mass is 19.4. The normalized spacial score (nSPS) is 16.1. The summed E-state index contributed by atoms with van der Waals surface area (Å²) in [7, 11) is 0. The fraction of sp³-hybridized carbons (Fsp3) is 0.292. The Morgan fingerprint density at radius 1 is 1.30 bits per heavy atom. The van der Waals surface area contributed by atoms with Gasteiger partial charge in [0.15, 0.2) is 0 Å². The molecule has 9 heteroatoms. The summed E-state index contributed by atoms with van der Waals surface area (Å²) in [6.07, 6.45) is -3.17. The molecule has 0 radical (unpaired) electrons. The predicted molar refractivity (Wildman–Crippen MR) is 120 cm³/mol. The van der Waals surface area contributed by atoms with Crippen molar-refractivity contribution in [3.8, 4) is 17.2 Å². The number of benzene rings is 2. The monoisotopic (exact) mass is 453 g/mol. The van der Waals surface area contributed by atoms with Crippen molar-refractivity contribution in [3.63, 3.8) is 0 Å². The van der Waals surface area contributed by atoms with Gasteiger partial charge in [0.1, 0.15) is 5.82 Å². The van der Waals surface area contributed by atoms with Crippen LogP contribution in [0.15, 0.2) is 42.6 Å². The predicted octanol–water partition coefficient (Wildman–Crippen LogP) is 5.47. The number of pyridine rings is 1. The summed E-state index contributed by atoms with van der Waals surface area (Å²) in [6.45, 7) is 2.29. The van der Waals surface area contributed by atoms with Gasteiger partial charge >= 0.3 is 12.2 Å². The molecule has 0 bridgehead atoms. The van der Waals surface area contributed by atoms with E-state index in [1.807, 2.05) is 19.1 Å². The Morgan fingerprint density at radius 3 is 2.82 bits per heavy atom. The lowest BCUT2D eigenvalue weighted by molar-refractivity contribution is -0.143. The molecule has 1 fully saturated rings. The maximum absolute atomic E-state index is 12.6. The van der Waals surface area contributed by atoms with Crippen molar-refractivity contribution in [2.75, 3.05) is 24.1 Å². The number of aryl methyl sites for hydroxylation is 1. The highest BCUT2D eigenvalue weighted by Crippen LogP contribution is 2.33. The van der Waals surface area contributed by atoms with E-state index in [9.17, 15) is 23.2 Å². The van der Waals surface area contributed by atoms with Gasteiger partial charge in [-0.1, -0.05) is 6.07 Å². The lowest BCUT2D eigenvalue weighted by atomic mass is 9.95. The minimum Gasteiger partial charge on any atom is -0.384 e. The maximum atomic E-state index is 12.6. The third kappa shape index (κ3) is 5.00. The molecule has 1 atom stereocenters. The third-order valence-electron chi connectivity index (χ3n) is 5.87. The number of nitrogens with two attached hydrogens (primary N) is 1. The van der Waals surface area contributed by atoms with Crippen LogP contribution in [0.4, 0.5) is 29.5 Å². The van der Waals surface area contributed by atoms with Gasteiger partial charge in [0, 0.05) is 42.2 Å². The topological polar surface area (TPSA) is 95.0 Å². The quantitative estimate of drug-likeness (QED) is 0.550. The van der Waals surface area contributed by atoms with Crippen molar-refractivity contribution < 1.29 is 18.0 Å². The summed E-state index contributed by atoms with van der Waals surface area (Å²) < 4.78 is 37.9. The number of amides is 2. The van der Waals surface area contributed by atoms with Crippen LogP contribution in [0.25, 0.3) is 21.9 Å². The molecule has 0 unspecified atom stereocenters. The number of anilines is 2. The van der Waals surface area contributed by atoms with Crippen LogP contribution >= 0.6 is 0 Å². The van der Waals surface area contributed by atoms with Crippen LogP contribution in [0, 0.1) is 24.2 Å². The Morgan fingerprint density at radius 2 is 2.09 bits per heavy atom. The van der Waals surface area contributed by atoms with E-state index in [4.69, 9.17) is 5.73 Å². The largest absolute Gasteiger partial charge is 0.389 e. The average Bonchev–Trinajstić information content (AvgIpc) is 3.21. The number of nitrogen functional groups attached to an aromatic ring is 1. The summed E-state index contributed by atoms with van der Waals surface area (Å²) >= 11 is 0. The number of nitrogens with zero attached hydrogens (tertiary/aromatic N) is 3. The molecule has 0 saturated carbocycles. The summed E-state index contributed by atoms with van der Waals surface area (Å²) in [6, 6.07) is 12.5. The smallest absolute Gasteiger partial charge is 0.384 e. The number of fused-ring (bicyclic) bond motifs is 1. The van der Waals surface area contributed by atoms with Gasteiger partial charge in [-0.3, -0.25) is 0 Å². The van der Waals surface area contributed by atoms with Crippen LogP contribution in [0.1, 0.15) is 24.0 Å². The molecule has 4 rings (SSSR count). The SMILES string of the molecule is Cc1ccc(NC(=O)N2CC[C@@H](CC(F)(F)F)C2)cc1-c1cc(C#N)c2cc(N)ncc2c1. The van der Waals surface area contributed by atoms with E-state index in [1.54, 1.807) is 30.5 Å². The lowest BCUT2D eigenvalue weighted by Gasteiger charge is -2.19. The van der Waals surface area contributed by atoms with Crippen LogP contribution in [-0.4, -0.2) is 35.2 Å². The van der Waals surface area contributed by atoms with E-state index in [0.717, 1.165) is 22.1 Å². The first-order chi connectivity index (χ1) is 15.6. The van der Waals surface area contributed by atoms with E-state index < -0.39 is 24.5 Å². The number of nitrogens with one attached hydrogen (secondary N) is 1. The first-order valence-electron chi connectivity index (χ1n) is 10.5. The molecule has 170 valence electrons. The number of alkyl halides is 3. The number of likely N-dealkylation sites (tertiary alicyclic amines) is 1. The van der Waals surface area contributed by atoms with Crippen molar-refractivity contribution in [1.82, 2.24) is 9.88 Å². The van der Waals surface area contributed by atoms with Gasteiger partial charge in [-0.2, -0.15) is 18.4 Å². The highest BCUT2D eigenvalue weighted by molar-refractivity contribution is 5.94. The second-order valence-electron chi connectivity index (χ2n) is 8.35. The van der Waals surface area contributed by atoms with E-state index in [2.05, 4.69) is 16.4 Å². The number of urea groups is 1. The number of carbonyl (C=O) groups is 1. The number of nitriles is 1. The van der Waals surface area contributed by atoms with Crippen molar-refractivity contribution >= 4 is 28.3 Å². The fourth-order valence-electron chi connectivity index (χ4n) is 4.25. The van der Waals surface area contributed by atoms with E-state index in [-0.39, 0.29) is 13.1 Å².